The fraction of sp³-hybridized carbons (Fsp3) is 0.565. The molecule has 1 atom stereocenters. The van der Waals surface area contributed by atoms with E-state index in [9.17, 15) is 19.2 Å². The summed E-state index contributed by atoms with van der Waals surface area (Å²) in [4.78, 5) is 53.9. The summed E-state index contributed by atoms with van der Waals surface area (Å²) >= 11 is 0. The zero-order chi connectivity index (χ0) is 24.3. The smallest absolute Gasteiger partial charge is 0.410 e. The van der Waals surface area contributed by atoms with Crippen LogP contribution in [0.3, 0.4) is 0 Å². The Bertz CT molecular complexity index is 933. The van der Waals surface area contributed by atoms with E-state index in [1.54, 1.807) is 11.0 Å². The molecule has 3 rings (SSSR count). The van der Waals surface area contributed by atoms with Crippen molar-refractivity contribution in [2.75, 3.05) is 38.2 Å². The monoisotopic (exact) mass is 460 g/mol. The number of carbonyl (C=O) groups excluding carboxylic acids is 4. The maximum Gasteiger partial charge on any atom is 0.410 e. The molecule has 10 nitrogen and oxygen atoms in total. The molecule has 2 aliphatic rings. The zero-order valence-electron chi connectivity index (χ0n) is 19.6. The van der Waals surface area contributed by atoms with Gasteiger partial charge in [0.1, 0.15) is 11.6 Å². The molecule has 1 aromatic carbocycles. The highest BCUT2D eigenvalue weighted by Gasteiger charge is 2.36. The van der Waals surface area contributed by atoms with Crippen molar-refractivity contribution in [3.63, 3.8) is 0 Å². The highest BCUT2D eigenvalue weighted by Crippen LogP contribution is 2.30. The molecular weight excluding hydrogens is 428 g/mol. The summed E-state index contributed by atoms with van der Waals surface area (Å²) in [7, 11) is 1.27. The van der Waals surface area contributed by atoms with Crippen molar-refractivity contribution in [2.45, 2.75) is 51.8 Å². The Labute approximate surface area is 193 Å². The molecule has 0 aliphatic carbocycles. The number of nitrogens with two attached hydrogens (primary N) is 1. The molecule has 0 spiro atoms. The molecule has 2 N–H and O–H groups in total. The Kier molecular flexibility index (Phi) is 7.14. The lowest BCUT2D eigenvalue weighted by Gasteiger charge is -2.36. The summed E-state index contributed by atoms with van der Waals surface area (Å²) in [5, 5.41) is 0. The Morgan fingerprint density at radius 2 is 1.79 bits per heavy atom. The van der Waals surface area contributed by atoms with Crippen LogP contribution in [-0.2, 0) is 25.6 Å². The summed E-state index contributed by atoms with van der Waals surface area (Å²) in [5.41, 5.74) is 7.26. The molecule has 2 aliphatic heterocycles. The van der Waals surface area contributed by atoms with Gasteiger partial charge in [0.2, 0.25) is 5.91 Å². The molecule has 0 bridgehead atoms. The van der Waals surface area contributed by atoms with Crippen LogP contribution in [0.4, 0.5) is 10.5 Å². The molecular formula is C23H32N4O6. The second-order valence-electron chi connectivity index (χ2n) is 9.26. The van der Waals surface area contributed by atoms with Gasteiger partial charge in [-0.25, -0.2) is 4.79 Å². The van der Waals surface area contributed by atoms with Crippen LogP contribution in [0.2, 0.25) is 0 Å². The van der Waals surface area contributed by atoms with E-state index in [1.165, 1.54) is 12.0 Å². The van der Waals surface area contributed by atoms with Crippen LogP contribution in [-0.4, -0.2) is 78.6 Å². The molecule has 0 unspecified atom stereocenters. The van der Waals surface area contributed by atoms with E-state index in [4.69, 9.17) is 10.5 Å². The van der Waals surface area contributed by atoms with E-state index in [-0.39, 0.29) is 31.4 Å². The summed E-state index contributed by atoms with van der Waals surface area (Å²) in [6.07, 6.45) is -0.208. The first-order valence-electron chi connectivity index (χ1n) is 11.0. The van der Waals surface area contributed by atoms with Crippen molar-refractivity contribution >= 4 is 29.6 Å². The van der Waals surface area contributed by atoms with Crippen LogP contribution in [0, 0.1) is 0 Å². The van der Waals surface area contributed by atoms with E-state index in [2.05, 4.69) is 9.64 Å². The Morgan fingerprint density at radius 1 is 1.12 bits per heavy atom. The second-order valence-corrected chi connectivity index (χ2v) is 9.26. The van der Waals surface area contributed by atoms with E-state index in [1.807, 2.05) is 32.9 Å². The SMILES string of the molecule is COC(=O)CC[C@@H](C(N)=O)N1Cc2cc(N3CCN(C(=O)OC(C)(C)C)CC3)ccc2C1=O. The predicted molar refractivity (Wildman–Crippen MR) is 121 cm³/mol. The van der Waals surface area contributed by atoms with Crippen molar-refractivity contribution in [1.29, 1.82) is 0 Å². The van der Waals surface area contributed by atoms with Gasteiger partial charge in [0.05, 0.1) is 7.11 Å². The molecule has 1 saturated heterocycles. The first kappa shape index (κ1) is 24.3. The van der Waals surface area contributed by atoms with Gasteiger partial charge in [-0.15, -0.1) is 0 Å². The van der Waals surface area contributed by atoms with Crippen molar-refractivity contribution in [2.24, 2.45) is 5.73 Å². The van der Waals surface area contributed by atoms with E-state index >= 15 is 0 Å². The number of piperazine rings is 1. The summed E-state index contributed by atoms with van der Waals surface area (Å²) in [5.74, 6) is -1.39. The molecule has 1 fully saturated rings. The van der Waals surface area contributed by atoms with Crippen molar-refractivity contribution in [1.82, 2.24) is 9.80 Å². The predicted octanol–water partition coefficient (Wildman–Crippen LogP) is 1.51. The van der Waals surface area contributed by atoms with Gasteiger partial charge < -0.3 is 29.9 Å². The summed E-state index contributed by atoms with van der Waals surface area (Å²) in [6, 6.07) is 4.68. The van der Waals surface area contributed by atoms with Gasteiger partial charge in [-0.1, -0.05) is 0 Å². The van der Waals surface area contributed by atoms with Crippen LogP contribution in [0.25, 0.3) is 0 Å². The number of nitrogens with zero attached hydrogens (tertiary/aromatic N) is 3. The maximum absolute atomic E-state index is 12.9. The van der Waals surface area contributed by atoms with Crippen LogP contribution < -0.4 is 10.6 Å². The minimum atomic E-state index is -0.884. The van der Waals surface area contributed by atoms with Gasteiger partial charge in [0, 0.05) is 50.4 Å². The van der Waals surface area contributed by atoms with Crippen molar-refractivity contribution in [3.8, 4) is 0 Å². The molecule has 33 heavy (non-hydrogen) atoms. The van der Waals surface area contributed by atoms with E-state index in [0.29, 0.717) is 31.7 Å². The normalized spacial score (nSPS) is 17.0. The number of hydrogen-bond acceptors (Lipinski definition) is 7. The van der Waals surface area contributed by atoms with Crippen LogP contribution in [0.15, 0.2) is 18.2 Å². The fourth-order valence-corrected chi connectivity index (χ4v) is 4.06. The van der Waals surface area contributed by atoms with Gasteiger partial charge >= 0.3 is 12.1 Å². The summed E-state index contributed by atoms with van der Waals surface area (Å²) < 4.78 is 10.1. The average Bonchev–Trinajstić information content (AvgIpc) is 3.08. The molecule has 1 aromatic rings. The lowest BCUT2D eigenvalue weighted by atomic mass is 10.1. The molecule has 10 heteroatoms. The number of ether oxygens (including phenoxy) is 2. The van der Waals surface area contributed by atoms with E-state index < -0.39 is 23.5 Å². The van der Waals surface area contributed by atoms with Crippen LogP contribution in [0.1, 0.15) is 49.5 Å². The number of methoxy groups -OCH3 is 1. The highest BCUT2D eigenvalue weighted by molar-refractivity contribution is 6.01. The molecule has 0 radical (unpaired) electrons. The number of carbonyl (C=O) groups is 4. The van der Waals surface area contributed by atoms with Crippen LogP contribution >= 0.6 is 0 Å². The van der Waals surface area contributed by atoms with Crippen LogP contribution in [0.5, 0.6) is 0 Å². The topological polar surface area (TPSA) is 122 Å². The third-order valence-corrected chi connectivity index (χ3v) is 5.77. The second kappa shape index (κ2) is 9.68. The summed E-state index contributed by atoms with van der Waals surface area (Å²) in [6.45, 7) is 8.12. The number of primary amides is 1. The third-order valence-electron chi connectivity index (χ3n) is 5.77. The third kappa shape index (κ3) is 5.74. The number of benzene rings is 1. The molecule has 0 aromatic heterocycles. The van der Waals surface area contributed by atoms with Crippen molar-refractivity contribution < 1.29 is 28.7 Å². The van der Waals surface area contributed by atoms with E-state index in [0.717, 1.165) is 11.3 Å². The largest absolute Gasteiger partial charge is 0.469 e. The first-order chi connectivity index (χ1) is 15.5. The lowest BCUT2D eigenvalue weighted by molar-refractivity contribution is -0.141. The quantitative estimate of drug-likeness (QED) is 0.639. The van der Waals surface area contributed by atoms with Gasteiger partial charge in [-0.2, -0.15) is 0 Å². The fourth-order valence-electron chi connectivity index (χ4n) is 4.06. The minimum absolute atomic E-state index is 0.00257. The van der Waals surface area contributed by atoms with Gasteiger partial charge in [0.25, 0.3) is 5.91 Å². The van der Waals surface area contributed by atoms with Gasteiger partial charge in [-0.3, -0.25) is 14.4 Å². The first-order valence-corrected chi connectivity index (χ1v) is 11.0. The standard InChI is InChI=1S/C23H32N4O6/c1-23(2,3)33-22(31)26-11-9-25(10-12-26)16-5-6-17-15(13-16)14-27(21(17)30)18(20(24)29)7-8-19(28)32-4/h5-6,13,18H,7-12,14H2,1-4H3,(H2,24,29)/t18-/m0/s1. The Balaban J connectivity index is 1.66. The number of anilines is 1. The Hall–Kier alpha value is -3.30. The average molecular weight is 461 g/mol. The molecule has 180 valence electrons. The molecule has 0 saturated carbocycles. The molecule has 3 amide bonds. The van der Waals surface area contributed by atoms with Crippen molar-refractivity contribution in [3.05, 3.63) is 29.3 Å². The number of fused-ring (bicyclic) bond motifs is 1. The number of amides is 3. The maximum atomic E-state index is 12.9. The van der Waals surface area contributed by atoms with Gasteiger partial charge in [0.15, 0.2) is 0 Å². The Morgan fingerprint density at radius 3 is 2.36 bits per heavy atom. The molecule has 2 heterocycles. The minimum Gasteiger partial charge on any atom is -0.469 e. The number of esters is 1. The zero-order valence-corrected chi connectivity index (χ0v) is 19.6. The highest BCUT2D eigenvalue weighted by atomic mass is 16.6. The van der Waals surface area contributed by atoms with Gasteiger partial charge in [-0.05, 0) is 51.0 Å². The number of hydrogen-bond donors (Lipinski definition) is 1. The number of rotatable bonds is 6. The lowest BCUT2D eigenvalue weighted by Crippen LogP contribution is -2.50.